The van der Waals surface area contributed by atoms with E-state index in [2.05, 4.69) is 82.1 Å². The summed E-state index contributed by atoms with van der Waals surface area (Å²) in [5.74, 6) is 0.249. The highest BCUT2D eigenvalue weighted by atomic mass is 16.3. The van der Waals surface area contributed by atoms with Crippen molar-refractivity contribution in [2.24, 2.45) is 9.98 Å². The van der Waals surface area contributed by atoms with Crippen molar-refractivity contribution in [3.05, 3.63) is 138 Å². The monoisotopic (exact) mass is 547 g/mol. The number of aromatic nitrogens is 1. The van der Waals surface area contributed by atoms with E-state index in [1.54, 1.807) is 0 Å². The Labute approximate surface area is 246 Å². The number of pyridine rings is 1. The summed E-state index contributed by atoms with van der Waals surface area (Å²) in [5.41, 5.74) is 12.9. The number of benzene rings is 3. The van der Waals surface area contributed by atoms with Crippen molar-refractivity contribution in [3.8, 4) is 11.3 Å². The van der Waals surface area contributed by atoms with Crippen LogP contribution in [0.2, 0.25) is 0 Å². The van der Waals surface area contributed by atoms with Gasteiger partial charge in [-0.25, -0.2) is 4.98 Å². The molecule has 0 spiro atoms. The predicted molar refractivity (Wildman–Crippen MR) is 175 cm³/mol. The summed E-state index contributed by atoms with van der Waals surface area (Å²) in [7, 11) is 0. The molecule has 0 saturated carbocycles. The third kappa shape index (κ3) is 4.18. The molecule has 0 bridgehead atoms. The van der Waals surface area contributed by atoms with Crippen LogP contribution in [-0.4, -0.2) is 22.4 Å². The first-order valence-corrected chi connectivity index (χ1v) is 14.6. The van der Waals surface area contributed by atoms with Gasteiger partial charge in [-0.15, -0.1) is 0 Å². The van der Waals surface area contributed by atoms with E-state index in [4.69, 9.17) is 19.4 Å². The van der Waals surface area contributed by atoms with E-state index >= 15 is 0 Å². The Kier molecular flexibility index (Phi) is 6.35. The van der Waals surface area contributed by atoms with E-state index in [0.29, 0.717) is 12.1 Å². The highest BCUT2D eigenvalue weighted by molar-refractivity contribution is 6.21. The SMILES string of the molecule is C=CC1=NC2CC(=C)N=C(C=C)c3c(cc(C)c4c3oc3nc(-c5ccccc5)cc(C)c34)CCC2c2ccccc21. The number of fused-ring (bicyclic) bond motifs is 8. The summed E-state index contributed by atoms with van der Waals surface area (Å²) >= 11 is 0. The number of aliphatic imine (C=N–C) groups is 2. The smallest absolute Gasteiger partial charge is 0.228 e. The maximum atomic E-state index is 6.70. The van der Waals surface area contributed by atoms with Crippen LogP contribution in [0.15, 0.2) is 119 Å². The highest BCUT2D eigenvalue weighted by Crippen LogP contribution is 2.42. The van der Waals surface area contributed by atoms with Gasteiger partial charge in [0.15, 0.2) is 0 Å². The van der Waals surface area contributed by atoms with Gasteiger partial charge in [-0.2, -0.15) is 0 Å². The van der Waals surface area contributed by atoms with Crippen LogP contribution in [0.3, 0.4) is 0 Å². The number of aryl methyl sites for hydroxylation is 3. The summed E-state index contributed by atoms with van der Waals surface area (Å²) in [5, 5.41) is 2.14. The first kappa shape index (κ1) is 26.1. The fourth-order valence-corrected chi connectivity index (χ4v) is 6.89. The number of hydrogen-bond donors (Lipinski definition) is 0. The van der Waals surface area contributed by atoms with Crippen molar-refractivity contribution < 1.29 is 4.42 Å². The van der Waals surface area contributed by atoms with Crippen LogP contribution in [0.5, 0.6) is 0 Å². The lowest BCUT2D eigenvalue weighted by molar-refractivity contribution is 0.490. The number of furan rings is 1. The van der Waals surface area contributed by atoms with Gasteiger partial charge in [0.1, 0.15) is 5.58 Å². The predicted octanol–water partition coefficient (Wildman–Crippen LogP) is 9.23. The van der Waals surface area contributed by atoms with Crippen LogP contribution in [0.4, 0.5) is 0 Å². The molecule has 206 valence electrons. The zero-order valence-corrected chi connectivity index (χ0v) is 24.2. The summed E-state index contributed by atoms with van der Waals surface area (Å²) in [4.78, 5) is 15.2. The van der Waals surface area contributed by atoms with Gasteiger partial charge in [-0.1, -0.05) is 80.4 Å². The number of nitrogens with zero attached hydrogens (tertiary/aromatic N) is 3. The lowest BCUT2D eigenvalue weighted by atomic mass is 9.78. The van der Waals surface area contributed by atoms with Crippen molar-refractivity contribution in [3.63, 3.8) is 0 Å². The summed E-state index contributed by atoms with van der Waals surface area (Å²) in [6.45, 7) is 16.9. The van der Waals surface area contributed by atoms with Crippen LogP contribution in [0.25, 0.3) is 33.3 Å². The molecule has 0 N–H and O–H groups in total. The second-order valence-electron chi connectivity index (χ2n) is 11.4. The molecule has 4 heteroatoms. The minimum Gasteiger partial charge on any atom is -0.437 e. The molecule has 0 saturated heterocycles. The molecule has 0 fully saturated rings. The van der Waals surface area contributed by atoms with E-state index in [1.807, 2.05) is 30.4 Å². The maximum absolute atomic E-state index is 6.70. The Morgan fingerprint density at radius 1 is 0.881 bits per heavy atom. The van der Waals surface area contributed by atoms with Gasteiger partial charge in [0.25, 0.3) is 0 Å². The highest BCUT2D eigenvalue weighted by Gasteiger charge is 2.32. The minimum absolute atomic E-state index is 0.0519. The molecular weight excluding hydrogens is 514 g/mol. The van der Waals surface area contributed by atoms with E-state index < -0.39 is 0 Å². The Morgan fingerprint density at radius 2 is 1.62 bits per heavy atom. The Morgan fingerprint density at radius 3 is 2.40 bits per heavy atom. The molecule has 4 nitrogen and oxygen atoms in total. The van der Waals surface area contributed by atoms with Crippen LogP contribution in [-0.2, 0) is 6.42 Å². The van der Waals surface area contributed by atoms with Gasteiger partial charge in [0.05, 0.1) is 28.5 Å². The third-order valence-corrected chi connectivity index (χ3v) is 8.76. The van der Waals surface area contributed by atoms with Crippen molar-refractivity contribution in [1.82, 2.24) is 4.98 Å². The molecule has 2 aliphatic heterocycles. The topological polar surface area (TPSA) is 50.8 Å². The molecule has 0 aliphatic carbocycles. The van der Waals surface area contributed by atoms with Crippen molar-refractivity contribution >= 4 is 33.5 Å². The standard InChI is InChI=1S/C38H33N3O/c1-6-30-28-16-12-11-15-27(28)29-18-17-26-19-22(3)34-35-23(4)20-32(25-13-9-8-10-14-25)41-38(35)42-37(34)36(26)31(7-2)39-24(5)21-33(29)40-30/h6-16,19-20,29,33H,1-2,5,17-18,21H2,3-4H3. The summed E-state index contributed by atoms with van der Waals surface area (Å²) < 4.78 is 6.70. The van der Waals surface area contributed by atoms with Crippen molar-refractivity contribution in [1.29, 1.82) is 0 Å². The molecule has 0 radical (unpaired) electrons. The second-order valence-corrected chi connectivity index (χ2v) is 11.4. The van der Waals surface area contributed by atoms with E-state index in [1.165, 1.54) is 22.3 Å². The molecule has 2 unspecified atom stereocenters. The largest absolute Gasteiger partial charge is 0.437 e. The Hall–Kier alpha value is -4.83. The van der Waals surface area contributed by atoms with E-state index in [-0.39, 0.29) is 12.0 Å². The quantitative estimate of drug-likeness (QED) is 0.226. The van der Waals surface area contributed by atoms with Gasteiger partial charge in [0, 0.05) is 40.1 Å². The number of rotatable bonds is 3. The lowest BCUT2D eigenvalue weighted by Gasteiger charge is -2.32. The fraction of sp³-hybridized carbons (Fsp3) is 0.184. The molecule has 7 rings (SSSR count). The summed E-state index contributed by atoms with van der Waals surface area (Å²) in [6.07, 6.45) is 6.17. The molecule has 3 aromatic carbocycles. The molecule has 2 atom stereocenters. The number of allylic oxidation sites excluding steroid dienone is 2. The second kappa shape index (κ2) is 10.2. The summed E-state index contributed by atoms with van der Waals surface area (Å²) in [6, 6.07) is 23.4. The molecule has 4 heterocycles. The molecule has 0 amide bonds. The van der Waals surface area contributed by atoms with Gasteiger partial charge < -0.3 is 4.42 Å². The zero-order chi connectivity index (χ0) is 29.0. The third-order valence-electron chi connectivity index (χ3n) is 8.76. The van der Waals surface area contributed by atoms with Gasteiger partial charge >= 0.3 is 0 Å². The van der Waals surface area contributed by atoms with Crippen LogP contribution in [0, 0.1) is 13.8 Å². The zero-order valence-electron chi connectivity index (χ0n) is 24.2. The average molecular weight is 548 g/mol. The fourth-order valence-electron chi connectivity index (χ4n) is 6.89. The van der Waals surface area contributed by atoms with Crippen molar-refractivity contribution in [2.75, 3.05) is 0 Å². The number of hydrogen-bond acceptors (Lipinski definition) is 4. The van der Waals surface area contributed by atoms with Crippen LogP contribution in [0.1, 0.15) is 52.1 Å². The van der Waals surface area contributed by atoms with E-state index in [9.17, 15) is 0 Å². The molecule has 2 aromatic heterocycles. The maximum Gasteiger partial charge on any atom is 0.228 e. The van der Waals surface area contributed by atoms with Gasteiger partial charge in [0.2, 0.25) is 5.71 Å². The average Bonchev–Trinajstić information content (AvgIpc) is 3.40. The minimum atomic E-state index is 0.0519. The molecule has 2 aliphatic rings. The van der Waals surface area contributed by atoms with Gasteiger partial charge in [-0.05, 0) is 67.2 Å². The first-order valence-electron chi connectivity index (χ1n) is 14.6. The first-order chi connectivity index (χ1) is 20.5. The molecular formula is C38H33N3O. The Bertz CT molecular complexity index is 1990. The van der Waals surface area contributed by atoms with Gasteiger partial charge in [-0.3, -0.25) is 9.98 Å². The lowest BCUT2D eigenvalue weighted by Crippen LogP contribution is -2.27. The molecule has 5 aromatic rings. The normalized spacial score (nSPS) is 18.5. The Balaban J connectivity index is 1.44. The van der Waals surface area contributed by atoms with E-state index in [0.717, 1.165) is 68.7 Å². The molecule has 42 heavy (non-hydrogen) atoms. The van der Waals surface area contributed by atoms with Crippen LogP contribution >= 0.6 is 0 Å². The van der Waals surface area contributed by atoms with Crippen molar-refractivity contribution in [2.45, 2.75) is 45.1 Å². The van der Waals surface area contributed by atoms with Crippen LogP contribution < -0.4 is 0 Å².